The van der Waals surface area contributed by atoms with Gasteiger partial charge in [-0.1, -0.05) is 38.5 Å². The van der Waals surface area contributed by atoms with Gasteiger partial charge in [0.25, 0.3) is 0 Å². The SMILES string of the molecule is CN=C(NCc1csc(C(C)(C)C)n1)NCc1cc(C)ccc1OC(F)F.I. The summed E-state index contributed by atoms with van der Waals surface area (Å²) in [7, 11) is 1.66. The fourth-order valence-electron chi connectivity index (χ4n) is 2.36. The van der Waals surface area contributed by atoms with E-state index in [-0.39, 0.29) is 35.1 Å². The maximum absolute atomic E-state index is 12.6. The standard InChI is InChI=1S/C19H26F2N4OS.HI/c1-12-6-7-15(26-17(20)21)13(8-12)9-23-18(22-5)24-10-14-11-27-16(25-14)19(2,3)4;/h6-8,11,17H,9-10H2,1-5H3,(H2,22,23,24);1H. The molecule has 1 aromatic carbocycles. The van der Waals surface area contributed by atoms with Crippen LogP contribution in [0.1, 0.15) is 42.6 Å². The molecule has 0 fully saturated rings. The second kappa shape index (κ2) is 10.9. The van der Waals surface area contributed by atoms with Gasteiger partial charge in [-0.05, 0) is 13.0 Å². The molecular weight excluding hydrogens is 497 g/mol. The van der Waals surface area contributed by atoms with E-state index in [0.29, 0.717) is 24.6 Å². The van der Waals surface area contributed by atoms with Crippen LogP contribution in [0.5, 0.6) is 5.75 Å². The molecule has 0 spiro atoms. The van der Waals surface area contributed by atoms with Crippen LogP contribution in [0.2, 0.25) is 0 Å². The molecule has 28 heavy (non-hydrogen) atoms. The summed E-state index contributed by atoms with van der Waals surface area (Å²) in [6.07, 6.45) is 0. The second-order valence-electron chi connectivity index (χ2n) is 7.16. The van der Waals surface area contributed by atoms with Gasteiger partial charge in [0.05, 0.1) is 17.2 Å². The first-order valence-corrected chi connectivity index (χ1v) is 9.50. The third-order valence-electron chi connectivity index (χ3n) is 3.73. The van der Waals surface area contributed by atoms with Gasteiger partial charge < -0.3 is 15.4 Å². The zero-order valence-electron chi connectivity index (χ0n) is 16.7. The van der Waals surface area contributed by atoms with Gasteiger partial charge in [0.15, 0.2) is 5.96 Å². The Kier molecular flexibility index (Phi) is 9.55. The molecule has 2 aromatic rings. The lowest BCUT2D eigenvalue weighted by Crippen LogP contribution is -2.36. The number of aryl methyl sites for hydroxylation is 1. The van der Waals surface area contributed by atoms with Crippen LogP contribution in [0.4, 0.5) is 8.78 Å². The van der Waals surface area contributed by atoms with Crippen molar-refractivity contribution in [1.82, 2.24) is 15.6 Å². The van der Waals surface area contributed by atoms with E-state index >= 15 is 0 Å². The number of nitrogens with one attached hydrogen (secondary N) is 2. The van der Waals surface area contributed by atoms with Gasteiger partial charge in [-0.25, -0.2) is 4.98 Å². The van der Waals surface area contributed by atoms with E-state index < -0.39 is 6.61 Å². The molecule has 1 heterocycles. The van der Waals surface area contributed by atoms with E-state index in [4.69, 9.17) is 0 Å². The average Bonchev–Trinajstić information content (AvgIpc) is 3.06. The first-order valence-electron chi connectivity index (χ1n) is 8.63. The topological polar surface area (TPSA) is 58.5 Å². The molecule has 0 saturated carbocycles. The fraction of sp³-hybridized carbons (Fsp3) is 0.474. The summed E-state index contributed by atoms with van der Waals surface area (Å²) in [5, 5.41) is 9.42. The van der Waals surface area contributed by atoms with Gasteiger partial charge in [-0.3, -0.25) is 4.99 Å². The Balaban J connectivity index is 0.00000392. The number of ether oxygens (including phenoxy) is 1. The van der Waals surface area contributed by atoms with Crippen molar-refractivity contribution in [2.24, 2.45) is 4.99 Å². The maximum Gasteiger partial charge on any atom is 0.387 e. The Bertz CT molecular complexity index is 790. The van der Waals surface area contributed by atoms with Crippen LogP contribution in [0, 0.1) is 6.92 Å². The average molecular weight is 524 g/mol. The summed E-state index contributed by atoms with van der Waals surface area (Å²) >= 11 is 1.64. The number of halogens is 3. The number of aromatic nitrogens is 1. The van der Waals surface area contributed by atoms with Crippen molar-refractivity contribution in [1.29, 1.82) is 0 Å². The highest BCUT2D eigenvalue weighted by atomic mass is 127. The first kappa shape index (κ1) is 24.5. The third-order valence-corrected chi connectivity index (χ3v) is 5.05. The molecular formula is C19H27F2IN4OS. The van der Waals surface area contributed by atoms with Crippen molar-refractivity contribution in [3.63, 3.8) is 0 Å². The molecule has 0 bridgehead atoms. The predicted octanol–water partition coefficient (Wildman–Crippen LogP) is 4.83. The molecule has 0 aliphatic rings. The summed E-state index contributed by atoms with van der Waals surface area (Å²) in [6.45, 7) is 6.27. The van der Waals surface area contributed by atoms with E-state index in [1.807, 2.05) is 18.4 Å². The van der Waals surface area contributed by atoms with Gasteiger partial charge in [0.2, 0.25) is 0 Å². The number of rotatable bonds is 6. The van der Waals surface area contributed by atoms with Crippen molar-refractivity contribution in [3.8, 4) is 5.75 Å². The van der Waals surface area contributed by atoms with E-state index in [1.54, 1.807) is 30.5 Å². The summed E-state index contributed by atoms with van der Waals surface area (Å²) in [4.78, 5) is 8.80. The molecule has 156 valence electrons. The van der Waals surface area contributed by atoms with Crippen LogP contribution in [-0.2, 0) is 18.5 Å². The minimum Gasteiger partial charge on any atom is -0.434 e. The summed E-state index contributed by atoms with van der Waals surface area (Å²) in [6, 6.07) is 5.11. The van der Waals surface area contributed by atoms with E-state index in [2.05, 4.69) is 46.1 Å². The number of aliphatic imine (C=N–C) groups is 1. The van der Waals surface area contributed by atoms with Crippen molar-refractivity contribution in [2.75, 3.05) is 7.05 Å². The zero-order valence-corrected chi connectivity index (χ0v) is 19.8. The number of guanidine groups is 1. The van der Waals surface area contributed by atoms with E-state index in [9.17, 15) is 8.78 Å². The van der Waals surface area contributed by atoms with E-state index in [0.717, 1.165) is 16.3 Å². The largest absolute Gasteiger partial charge is 0.434 e. The summed E-state index contributed by atoms with van der Waals surface area (Å²) in [5.41, 5.74) is 2.57. The van der Waals surface area contributed by atoms with Crippen molar-refractivity contribution in [3.05, 3.63) is 45.4 Å². The van der Waals surface area contributed by atoms with E-state index in [1.165, 1.54) is 0 Å². The number of hydrogen-bond acceptors (Lipinski definition) is 4. The Morgan fingerprint density at radius 2 is 1.93 bits per heavy atom. The zero-order chi connectivity index (χ0) is 20.0. The van der Waals surface area contributed by atoms with Crippen molar-refractivity contribution in [2.45, 2.75) is 52.8 Å². The molecule has 0 saturated heterocycles. The summed E-state index contributed by atoms with van der Waals surface area (Å²) < 4.78 is 29.7. The molecule has 0 atom stereocenters. The lowest BCUT2D eigenvalue weighted by atomic mass is 9.98. The highest BCUT2D eigenvalue weighted by Crippen LogP contribution is 2.25. The lowest BCUT2D eigenvalue weighted by Gasteiger charge is -2.15. The fourth-order valence-corrected chi connectivity index (χ4v) is 3.27. The quantitative estimate of drug-likeness (QED) is 0.323. The van der Waals surface area contributed by atoms with Crippen LogP contribution in [-0.4, -0.2) is 24.6 Å². The van der Waals surface area contributed by atoms with Crippen molar-refractivity contribution < 1.29 is 13.5 Å². The third kappa shape index (κ3) is 7.50. The number of thiazole rings is 1. The van der Waals surface area contributed by atoms with Crippen molar-refractivity contribution >= 4 is 41.3 Å². The van der Waals surface area contributed by atoms with Crippen LogP contribution in [0.15, 0.2) is 28.6 Å². The van der Waals surface area contributed by atoms with Gasteiger partial charge in [0, 0.05) is 30.0 Å². The van der Waals surface area contributed by atoms with Crippen LogP contribution in [0.3, 0.4) is 0 Å². The Hall–Kier alpha value is -1.49. The molecule has 2 N–H and O–H groups in total. The van der Waals surface area contributed by atoms with Gasteiger partial charge in [-0.15, -0.1) is 35.3 Å². The van der Waals surface area contributed by atoms with Gasteiger partial charge in [-0.2, -0.15) is 8.78 Å². The number of alkyl halides is 2. The second-order valence-corrected chi connectivity index (χ2v) is 8.02. The first-order chi connectivity index (χ1) is 12.7. The van der Waals surface area contributed by atoms with Gasteiger partial charge >= 0.3 is 6.61 Å². The van der Waals surface area contributed by atoms with Crippen LogP contribution in [0.25, 0.3) is 0 Å². The molecule has 2 rings (SSSR count). The Morgan fingerprint density at radius 3 is 2.50 bits per heavy atom. The maximum atomic E-state index is 12.6. The molecule has 0 amide bonds. The molecule has 0 aliphatic heterocycles. The van der Waals surface area contributed by atoms with Gasteiger partial charge in [0.1, 0.15) is 5.75 Å². The monoisotopic (exact) mass is 524 g/mol. The molecule has 9 heteroatoms. The van der Waals surface area contributed by atoms with Crippen LogP contribution < -0.4 is 15.4 Å². The molecule has 0 radical (unpaired) electrons. The highest BCUT2D eigenvalue weighted by molar-refractivity contribution is 14.0. The number of nitrogens with zero attached hydrogens (tertiary/aromatic N) is 2. The highest BCUT2D eigenvalue weighted by Gasteiger charge is 2.18. The Labute approximate surface area is 186 Å². The smallest absolute Gasteiger partial charge is 0.387 e. The number of hydrogen-bond donors (Lipinski definition) is 2. The van der Waals surface area contributed by atoms with Crippen LogP contribution >= 0.6 is 35.3 Å². The molecule has 0 aliphatic carbocycles. The normalized spacial score (nSPS) is 11.9. The summed E-state index contributed by atoms with van der Waals surface area (Å²) in [5.74, 6) is 0.720. The minimum absolute atomic E-state index is 0. The Morgan fingerprint density at radius 1 is 1.25 bits per heavy atom. The molecule has 5 nitrogen and oxygen atoms in total. The predicted molar refractivity (Wildman–Crippen MR) is 121 cm³/mol. The molecule has 0 unspecified atom stereocenters. The number of benzene rings is 1. The minimum atomic E-state index is -2.86. The lowest BCUT2D eigenvalue weighted by molar-refractivity contribution is -0.0504. The molecule has 1 aromatic heterocycles.